The van der Waals surface area contributed by atoms with Crippen molar-refractivity contribution in [1.29, 1.82) is 0 Å². The largest absolute Gasteiger partial charge is 0.481 e. The quantitative estimate of drug-likeness (QED) is 0.536. The number of benzene rings is 1. The van der Waals surface area contributed by atoms with E-state index in [2.05, 4.69) is 10.6 Å². The molecule has 0 saturated heterocycles. The van der Waals surface area contributed by atoms with Crippen molar-refractivity contribution in [1.82, 2.24) is 5.32 Å². The van der Waals surface area contributed by atoms with Gasteiger partial charge in [-0.3, -0.25) is 19.7 Å². The van der Waals surface area contributed by atoms with Crippen LogP contribution in [0.3, 0.4) is 0 Å². The van der Waals surface area contributed by atoms with Crippen molar-refractivity contribution in [3.8, 4) is 0 Å². The summed E-state index contributed by atoms with van der Waals surface area (Å²) in [6.07, 6.45) is 4.97. The summed E-state index contributed by atoms with van der Waals surface area (Å²) in [7, 11) is 0. The van der Waals surface area contributed by atoms with E-state index in [1.807, 2.05) is 0 Å². The summed E-state index contributed by atoms with van der Waals surface area (Å²) in [5, 5.41) is 25.9. The number of hydrogen-bond acceptors (Lipinski definition) is 5. The summed E-state index contributed by atoms with van der Waals surface area (Å²) in [6.45, 7) is -0.145. The standard InChI is InChI=1S/C17H23N3O5/c21-16(11-18-14-9-5-6-10-15(14)20(24)25)19-13-8-4-2-1-3-7-12(13)17(22)23/h5-6,9-10,12-13,18H,1-4,7-8,11H2,(H,19,21)(H,22,23). The molecule has 25 heavy (non-hydrogen) atoms. The molecule has 0 spiro atoms. The minimum absolute atomic E-state index is 0.107. The van der Waals surface area contributed by atoms with E-state index in [0.29, 0.717) is 12.8 Å². The van der Waals surface area contributed by atoms with Gasteiger partial charge in [-0.15, -0.1) is 0 Å². The SMILES string of the molecule is O=C(CNc1ccccc1[N+](=O)[O-])NC1CCCCCCC1C(=O)O. The molecule has 0 bridgehead atoms. The number of carboxylic acid groups (broad SMARTS) is 1. The van der Waals surface area contributed by atoms with Gasteiger partial charge in [-0.25, -0.2) is 0 Å². The maximum absolute atomic E-state index is 12.2. The predicted molar refractivity (Wildman–Crippen MR) is 92.3 cm³/mol. The molecule has 1 fully saturated rings. The van der Waals surface area contributed by atoms with Gasteiger partial charge in [-0.1, -0.05) is 37.8 Å². The smallest absolute Gasteiger partial charge is 0.308 e. The molecule has 0 aliphatic heterocycles. The Morgan fingerprint density at radius 1 is 1.16 bits per heavy atom. The third kappa shape index (κ3) is 5.44. The summed E-state index contributed by atoms with van der Waals surface area (Å²) < 4.78 is 0. The van der Waals surface area contributed by atoms with E-state index in [-0.39, 0.29) is 23.8 Å². The zero-order valence-electron chi connectivity index (χ0n) is 13.9. The number of nitro groups is 1. The molecule has 8 heteroatoms. The second-order valence-corrected chi connectivity index (χ2v) is 6.24. The number of carbonyl (C=O) groups is 2. The Morgan fingerprint density at radius 3 is 2.52 bits per heavy atom. The average Bonchev–Trinajstić information content (AvgIpc) is 2.55. The number of anilines is 1. The molecule has 0 radical (unpaired) electrons. The van der Waals surface area contributed by atoms with Crippen LogP contribution >= 0.6 is 0 Å². The molecule has 1 saturated carbocycles. The zero-order chi connectivity index (χ0) is 18.2. The number of para-hydroxylation sites is 2. The van der Waals surface area contributed by atoms with Crippen LogP contribution in [0, 0.1) is 16.0 Å². The van der Waals surface area contributed by atoms with Crippen LogP contribution in [0.25, 0.3) is 0 Å². The van der Waals surface area contributed by atoms with E-state index < -0.39 is 22.9 Å². The van der Waals surface area contributed by atoms with E-state index in [9.17, 15) is 24.8 Å². The Morgan fingerprint density at radius 2 is 1.84 bits per heavy atom. The molecule has 2 atom stereocenters. The van der Waals surface area contributed by atoms with Gasteiger partial charge in [0.15, 0.2) is 0 Å². The number of aliphatic carboxylic acids is 1. The van der Waals surface area contributed by atoms with Crippen LogP contribution in [-0.2, 0) is 9.59 Å². The molecule has 2 unspecified atom stereocenters. The van der Waals surface area contributed by atoms with Crippen LogP contribution in [0.15, 0.2) is 24.3 Å². The van der Waals surface area contributed by atoms with E-state index >= 15 is 0 Å². The highest BCUT2D eigenvalue weighted by Crippen LogP contribution is 2.24. The van der Waals surface area contributed by atoms with Crippen molar-refractivity contribution in [2.24, 2.45) is 5.92 Å². The first-order valence-electron chi connectivity index (χ1n) is 8.48. The van der Waals surface area contributed by atoms with Gasteiger partial charge in [0.2, 0.25) is 5.91 Å². The number of hydrogen-bond donors (Lipinski definition) is 3. The van der Waals surface area contributed by atoms with Crippen molar-refractivity contribution >= 4 is 23.3 Å². The van der Waals surface area contributed by atoms with Crippen LogP contribution < -0.4 is 10.6 Å². The minimum atomic E-state index is -0.890. The van der Waals surface area contributed by atoms with Crippen LogP contribution in [0.4, 0.5) is 11.4 Å². The fourth-order valence-corrected chi connectivity index (χ4v) is 3.17. The predicted octanol–water partition coefficient (Wildman–Crippen LogP) is 2.55. The zero-order valence-corrected chi connectivity index (χ0v) is 13.9. The molecule has 0 aromatic heterocycles. The van der Waals surface area contributed by atoms with Gasteiger partial charge in [-0.2, -0.15) is 0 Å². The number of rotatable bonds is 6. The molecular formula is C17H23N3O5. The molecule has 1 amide bonds. The van der Waals surface area contributed by atoms with Crippen LogP contribution in [0.1, 0.15) is 38.5 Å². The van der Waals surface area contributed by atoms with Gasteiger partial charge < -0.3 is 15.7 Å². The highest BCUT2D eigenvalue weighted by atomic mass is 16.6. The molecule has 1 aliphatic rings. The van der Waals surface area contributed by atoms with Crippen LogP contribution in [0.2, 0.25) is 0 Å². The maximum atomic E-state index is 12.2. The fourth-order valence-electron chi connectivity index (χ4n) is 3.17. The Balaban J connectivity index is 1.96. The number of amides is 1. The van der Waals surface area contributed by atoms with Crippen molar-refractivity contribution in [2.75, 3.05) is 11.9 Å². The third-order valence-corrected chi connectivity index (χ3v) is 4.47. The molecule has 1 aromatic carbocycles. The van der Waals surface area contributed by atoms with E-state index in [0.717, 1.165) is 25.7 Å². The van der Waals surface area contributed by atoms with Crippen molar-refractivity contribution < 1.29 is 19.6 Å². The van der Waals surface area contributed by atoms with Crippen molar-refractivity contribution in [2.45, 2.75) is 44.6 Å². The van der Waals surface area contributed by atoms with Gasteiger partial charge in [0.05, 0.1) is 17.4 Å². The number of nitrogens with one attached hydrogen (secondary N) is 2. The molecule has 3 N–H and O–H groups in total. The lowest BCUT2D eigenvalue weighted by atomic mass is 9.87. The Hall–Kier alpha value is -2.64. The van der Waals surface area contributed by atoms with Gasteiger partial charge in [0.1, 0.15) is 5.69 Å². The van der Waals surface area contributed by atoms with Gasteiger partial charge in [-0.05, 0) is 18.9 Å². The van der Waals surface area contributed by atoms with Crippen molar-refractivity contribution in [3.05, 3.63) is 34.4 Å². The van der Waals surface area contributed by atoms with Gasteiger partial charge >= 0.3 is 5.97 Å². The first-order chi connectivity index (χ1) is 12.0. The number of nitrogens with zero attached hydrogens (tertiary/aromatic N) is 1. The van der Waals surface area contributed by atoms with E-state index in [1.54, 1.807) is 12.1 Å². The Kier molecular flexibility index (Phi) is 6.73. The highest BCUT2D eigenvalue weighted by Gasteiger charge is 2.29. The minimum Gasteiger partial charge on any atom is -0.481 e. The van der Waals surface area contributed by atoms with Gasteiger partial charge in [0, 0.05) is 12.1 Å². The summed E-state index contributed by atoms with van der Waals surface area (Å²) >= 11 is 0. The normalized spacial score (nSPS) is 20.8. The van der Waals surface area contributed by atoms with Crippen LogP contribution in [-0.4, -0.2) is 34.5 Å². The van der Waals surface area contributed by atoms with Crippen molar-refractivity contribution in [3.63, 3.8) is 0 Å². The average molecular weight is 349 g/mol. The second kappa shape index (κ2) is 9.00. The maximum Gasteiger partial charge on any atom is 0.308 e. The second-order valence-electron chi connectivity index (χ2n) is 6.24. The lowest BCUT2D eigenvalue weighted by Gasteiger charge is -2.27. The number of carboxylic acids is 1. The summed E-state index contributed by atoms with van der Waals surface area (Å²) in [6, 6.07) is 5.67. The molecule has 0 heterocycles. The number of nitro benzene ring substituents is 1. The molecule has 8 nitrogen and oxygen atoms in total. The summed E-state index contributed by atoms with van der Waals surface area (Å²) in [5.74, 6) is -1.84. The third-order valence-electron chi connectivity index (χ3n) is 4.47. The van der Waals surface area contributed by atoms with E-state index in [1.165, 1.54) is 12.1 Å². The monoisotopic (exact) mass is 349 g/mol. The molecule has 1 aromatic rings. The van der Waals surface area contributed by atoms with Gasteiger partial charge in [0.25, 0.3) is 5.69 Å². The molecular weight excluding hydrogens is 326 g/mol. The Labute approximate surface area is 145 Å². The lowest BCUT2D eigenvalue weighted by molar-refractivity contribution is -0.383. The lowest BCUT2D eigenvalue weighted by Crippen LogP contribution is -2.45. The number of carbonyl (C=O) groups excluding carboxylic acids is 1. The summed E-state index contributed by atoms with van der Waals surface area (Å²) in [5.41, 5.74) is 0.153. The first-order valence-corrected chi connectivity index (χ1v) is 8.48. The molecule has 136 valence electrons. The topological polar surface area (TPSA) is 122 Å². The fraction of sp³-hybridized carbons (Fsp3) is 0.529. The first kappa shape index (κ1) is 18.7. The molecule has 2 rings (SSSR count). The van der Waals surface area contributed by atoms with Crippen LogP contribution in [0.5, 0.6) is 0 Å². The molecule has 1 aliphatic carbocycles. The summed E-state index contributed by atoms with van der Waals surface area (Å²) in [4.78, 5) is 34.1. The Bertz CT molecular complexity index is 634. The van der Waals surface area contributed by atoms with E-state index in [4.69, 9.17) is 0 Å². The highest BCUT2D eigenvalue weighted by molar-refractivity contribution is 5.82.